The second kappa shape index (κ2) is 66.1. The number of unbranched alkanes of at least 4 members (excludes halogenated alkanes) is 53. The van der Waals surface area contributed by atoms with Crippen molar-refractivity contribution in [2.45, 2.75) is 411 Å². The molecule has 0 rings (SSSR count). The molecule has 0 aromatic rings. The van der Waals surface area contributed by atoms with Gasteiger partial charge in [0.2, 0.25) is 5.91 Å². The van der Waals surface area contributed by atoms with Crippen LogP contribution < -0.4 is 5.32 Å². The summed E-state index contributed by atoms with van der Waals surface area (Å²) in [4.78, 5) is 24.6. The number of ether oxygens (including phenoxy) is 1. The van der Waals surface area contributed by atoms with Gasteiger partial charge in [-0.15, -0.1) is 0 Å². The Morgan fingerprint density at radius 1 is 0.355 bits per heavy atom. The molecular formula is C70H137NO5. The smallest absolute Gasteiger partial charge is 0.305 e. The first-order valence-corrected chi connectivity index (χ1v) is 34.9. The fourth-order valence-electron chi connectivity index (χ4n) is 11.2. The Labute approximate surface area is 476 Å². The van der Waals surface area contributed by atoms with Crippen molar-refractivity contribution < 1.29 is 24.5 Å². The molecule has 6 heteroatoms. The fourth-order valence-corrected chi connectivity index (χ4v) is 11.2. The molecule has 3 N–H and O–H groups in total. The van der Waals surface area contributed by atoms with Gasteiger partial charge in [-0.3, -0.25) is 9.59 Å². The number of hydrogen-bond donors (Lipinski definition) is 3. The summed E-state index contributed by atoms with van der Waals surface area (Å²) in [7, 11) is 0. The molecule has 2 atom stereocenters. The molecule has 0 saturated carbocycles. The van der Waals surface area contributed by atoms with Gasteiger partial charge in [-0.2, -0.15) is 0 Å². The second-order valence-electron chi connectivity index (χ2n) is 24.2. The van der Waals surface area contributed by atoms with Gasteiger partial charge >= 0.3 is 5.97 Å². The predicted octanol–water partition coefficient (Wildman–Crippen LogP) is 22.4. The van der Waals surface area contributed by atoms with Crippen LogP contribution in [0.3, 0.4) is 0 Å². The van der Waals surface area contributed by atoms with Crippen LogP contribution in [0.25, 0.3) is 0 Å². The van der Waals surface area contributed by atoms with E-state index in [4.69, 9.17) is 4.74 Å². The molecular weight excluding hydrogens is 935 g/mol. The van der Waals surface area contributed by atoms with Gasteiger partial charge in [0.05, 0.1) is 25.4 Å². The highest BCUT2D eigenvalue weighted by Gasteiger charge is 2.20. The third kappa shape index (κ3) is 61.8. The zero-order valence-electron chi connectivity index (χ0n) is 51.8. The summed E-state index contributed by atoms with van der Waals surface area (Å²) in [6, 6.07) is -0.541. The highest BCUT2D eigenvalue weighted by atomic mass is 16.5. The quantitative estimate of drug-likeness (QED) is 0.0320. The standard InChI is InChI=1S/C70H137NO5/c1-3-5-7-9-11-13-15-17-18-19-32-35-39-42-46-50-54-58-62-68(73)67(66-72)71-69(74)63-59-55-51-47-43-40-36-33-30-28-26-24-22-20-21-23-25-27-29-31-34-37-41-45-49-53-57-61-65-76-70(75)64-60-56-52-48-44-38-16-14-12-10-8-6-4-2/h20-21,67-68,72-73H,3-19,22-66H2,1-2H3,(H,71,74)/b21-20-. The van der Waals surface area contributed by atoms with Crippen LogP contribution in [-0.2, 0) is 14.3 Å². The van der Waals surface area contributed by atoms with E-state index in [-0.39, 0.29) is 18.5 Å². The van der Waals surface area contributed by atoms with Gasteiger partial charge in [0.15, 0.2) is 0 Å². The normalized spacial score (nSPS) is 12.5. The average molecular weight is 1070 g/mol. The highest BCUT2D eigenvalue weighted by molar-refractivity contribution is 5.76. The Kier molecular flexibility index (Phi) is 64.9. The number of amides is 1. The molecule has 0 fully saturated rings. The van der Waals surface area contributed by atoms with Crippen molar-refractivity contribution in [3.8, 4) is 0 Å². The predicted molar refractivity (Wildman–Crippen MR) is 333 cm³/mol. The molecule has 0 heterocycles. The number of carbonyl (C=O) groups excluding carboxylic acids is 2. The van der Waals surface area contributed by atoms with E-state index in [1.165, 1.54) is 327 Å². The van der Waals surface area contributed by atoms with E-state index < -0.39 is 12.1 Å². The van der Waals surface area contributed by atoms with Crippen LogP contribution in [0.15, 0.2) is 12.2 Å². The van der Waals surface area contributed by atoms with Crippen molar-refractivity contribution in [2.24, 2.45) is 0 Å². The summed E-state index contributed by atoms with van der Waals surface area (Å²) in [6.07, 6.45) is 81.1. The number of rotatable bonds is 66. The maximum absolute atomic E-state index is 12.5. The highest BCUT2D eigenvalue weighted by Crippen LogP contribution is 2.19. The van der Waals surface area contributed by atoms with Crippen molar-refractivity contribution in [1.29, 1.82) is 0 Å². The van der Waals surface area contributed by atoms with Gasteiger partial charge in [-0.05, 0) is 51.4 Å². The molecule has 76 heavy (non-hydrogen) atoms. The molecule has 0 aromatic carbocycles. The number of esters is 1. The Balaban J connectivity index is 3.37. The van der Waals surface area contributed by atoms with Crippen molar-refractivity contribution in [2.75, 3.05) is 13.2 Å². The Morgan fingerprint density at radius 3 is 0.934 bits per heavy atom. The lowest BCUT2D eigenvalue weighted by atomic mass is 10.0. The van der Waals surface area contributed by atoms with E-state index in [1.54, 1.807) is 0 Å². The monoisotopic (exact) mass is 1070 g/mol. The lowest BCUT2D eigenvalue weighted by Gasteiger charge is -2.22. The number of hydrogen-bond acceptors (Lipinski definition) is 5. The first-order valence-electron chi connectivity index (χ1n) is 34.9. The number of nitrogens with one attached hydrogen (secondary N) is 1. The first kappa shape index (κ1) is 74.6. The van der Waals surface area contributed by atoms with Crippen LogP contribution in [0.2, 0.25) is 0 Å². The van der Waals surface area contributed by atoms with Crippen LogP contribution >= 0.6 is 0 Å². The number of allylic oxidation sites excluding steroid dienone is 2. The van der Waals surface area contributed by atoms with Gasteiger partial charge in [-0.1, -0.05) is 347 Å². The van der Waals surface area contributed by atoms with Gasteiger partial charge in [-0.25, -0.2) is 0 Å². The third-order valence-electron chi connectivity index (χ3n) is 16.6. The summed E-state index contributed by atoms with van der Waals surface area (Å²) >= 11 is 0. The van der Waals surface area contributed by atoms with Crippen molar-refractivity contribution in [3.05, 3.63) is 12.2 Å². The molecule has 452 valence electrons. The lowest BCUT2D eigenvalue weighted by molar-refractivity contribution is -0.143. The van der Waals surface area contributed by atoms with Crippen LogP contribution in [0.1, 0.15) is 399 Å². The molecule has 0 saturated heterocycles. The maximum Gasteiger partial charge on any atom is 0.305 e. The Morgan fingerprint density at radius 2 is 0.618 bits per heavy atom. The second-order valence-corrected chi connectivity index (χ2v) is 24.2. The minimum Gasteiger partial charge on any atom is -0.466 e. The summed E-state index contributed by atoms with van der Waals surface area (Å²) < 4.78 is 5.49. The SMILES string of the molecule is CCCCCCCCCCCCCCCCCCCCC(O)C(CO)NC(=O)CCCCCCCCCCCCCC/C=C\CCCCCCCCCCCCCCOC(=O)CCCCCCCCCCCCCCC. The molecule has 6 nitrogen and oxygen atoms in total. The molecule has 0 radical (unpaired) electrons. The zero-order chi connectivity index (χ0) is 55.0. The Hall–Kier alpha value is -1.40. The molecule has 0 aromatic heterocycles. The molecule has 0 bridgehead atoms. The van der Waals surface area contributed by atoms with Crippen LogP contribution in [0, 0.1) is 0 Å². The fraction of sp³-hybridized carbons (Fsp3) is 0.943. The molecule has 0 aliphatic rings. The minimum absolute atomic E-state index is 0.0183. The van der Waals surface area contributed by atoms with Gasteiger partial charge in [0.1, 0.15) is 0 Å². The van der Waals surface area contributed by atoms with Crippen LogP contribution in [-0.4, -0.2) is 47.4 Å². The summed E-state index contributed by atoms with van der Waals surface area (Å²) in [5, 5.41) is 23.4. The van der Waals surface area contributed by atoms with E-state index in [2.05, 4.69) is 31.3 Å². The number of carbonyl (C=O) groups is 2. The van der Waals surface area contributed by atoms with Gasteiger partial charge in [0.25, 0.3) is 0 Å². The van der Waals surface area contributed by atoms with Crippen LogP contribution in [0.4, 0.5) is 0 Å². The first-order chi connectivity index (χ1) is 37.5. The van der Waals surface area contributed by atoms with Crippen LogP contribution in [0.5, 0.6) is 0 Å². The van der Waals surface area contributed by atoms with Crippen molar-refractivity contribution in [1.82, 2.24) is 5.32 Å². The van der Waals surface area contributed by atoms with Gasteiger partial charge < -0.3 is 20.3 Å². The zero-order valence-corrected chi connectivity index (χ0v) is 51.8. The molecule has 0 aliphatic carbocycles. The topological polar surface area (TPSA) is 95.9 Å². The van der Waals surface area contributed by atoms with E-state index >= 15 is 0 Å². The van der Waals surface area contributed by atoms with E-state index in [0.29, 0.717) is 25.9 Å². The number of aliphatic hydroxyl groups is 2. The van der Waals surface area contributed by atoms with Crippen molar-refractivity contribution >= 4 is 11.9 Å². The van der Waals surface area contributed by atoms with Crippen molar-refractivity contribution in [3.63, 3.8) is 0 Å². The maximum atomic E-state index is 12.5. The average Bonchev–Trinajstić information content (AvgIpc) is 3.42. The number of aliphatic hydroxyl groups excluding tert-OH is 2. The Bertz CT molecular complexity index is 1140. The molecule has 0 aliphatic heterocycles. The van der Waals surface area contributed by atoms with E-state index in [0.717, 1.165) is 38.5 Å². The third-order valence-corrected chi connectivity index (χ3v) is 16.6. The van der Waals surface area contributed by atoms with E-state index in [1.807, 2.05) is 0 Å². The summed E-state index contributed by atoms with van der Waals surface area (Å²) in [5.41, 5.74) is 0. The van der Waals surface area contributed by atoms with Gasteiger partial charge in [0, 0.05) is 12.8 Å². The molecule has 0 spiro atoms. The summed E-state index contributed by atoms with van der Waals surface area (Å²) in [5.74, 6) is -0.0124. The molecule has 2 unspecified atom stereocenters. The summed E-state index contributed by atoms with van der Waals surface area (Å²) in [6.45, 7) is 4.99. The lowest BCUT2D eigenvalue weighted by Crippen LogP contribution is -2.45. The molecule has 1 amide bonds. The minimum atomic E-state index is -0.664. The largest absolute Gasteiger partial charge is 0.466 e. The van der Waals surface area contributed by atoms with E-state index in [9.17, 15) is 19.8 Å².